The van der Waals surface area contributed by atoms with Gasteiger partial charge in [-0.1, -0.05) is 0 Å². The van der Waals surface area contributed by atoms with Gasteiger partial charge in [-0.25, -0.2) is 14.3 Å². The molecule has 0 saturated carbocycles. The van der Waals surface area contributed by atoms with Crippen LogP contribution in [-0.2, 0) is 14.9 Å². The van der Waals surface area contributed by atoms with E-state index in [1.54, 1.807) is 4.72 Å². The summed E-state index contributed by atoms with van der Waals surface area (Å²) in [6.45, 7) is 1.51. The smallest absolute Gasteiger partial charge is 0.422 e. The van der Waals surface area contributed by atoms with Crippen LogP contribution in [0.3, 0.4) is 0 Å². The van der Waals surface area contributed by atoms with Crippen LogP contribution in [0.25, 0.3) is 0 Å². The summed E-state index contributed by atoms with van der Waals surface area (Å²) in [6, 6.07) is 3.59. The van der Waals surface area contributed by atoms with Crippen LogP contribution in [0.4, 0.5) is 10.5 Å². The monoisotopic (exact) mass is 318 g/mol. The molecule has 0 radical (unpaired) electrons. The maximum absolute atomic E-state index is 11.7. The van der Waals surface area contributed by atoms with Crippen molar-refractivity contribution in [2.75, 3.05) is 18.4 Å². The molecule has 0 heterocycles. The second-order valence-corrected chi connectivity index (χ2v) is 5.06. The summed E-state index contributed by atoms with van der Waals surface area (Å²) >= 11 is 0. The fraction of sp³-hybridized carbons (Fsp3) is 0.273. The zero-order chi connectivity index (χ0) is 16.0. The quantitative estimate of drug-likeness (QED) is 0.706. The van der Waals surface area contributed by atoms with Gasteiger partial charge in [0, 0.05) is 0 Å². The molecule has 1 aromatic carbocycles. The van der Waals surface area contributed by atoms with E-state index in [0.29, 0.717) is 0 Å². The van der Waals surface area contributed by atoms with Crippen molar-refractivity contribution < 1.29 is 32.6 Å². The van der Waals surface area contributed by atoms with Gasteiger partial charge in [0.25, 0.3) is 0 Å². The standard InChI is InChI=1S/C11H14N2O7S/c1-3-20-11(16)13-21(17,18)12-8-6-7(10(14)15)4-5-9(8)19-2/h4-6,12H,3H2,1-2H3,(H,13,16)(H,14,15). The average molecular weight is 318 g/mol. The molecule has 0 aliphatic rings. The Morgan fingerprint density at radius 2 is 2.00 bits per heavy atom. The first-order chi connectivity index (χ1) is 9.79. The normalized spacial score (nSPS) is 10.6. The SMILES string of the molecule is CCOC(=O)NS(=O)(=O)Nc1cc(C(=O)O)ccc1OC. The first-order valence-electron chi connectivity index (χ1n) is 5.67. The molecule has 0 bridgehead atoms. The summed E-state index contributed by atoms with van der Waals surface area (Å²) in [5, 5.41) is 8.88. The highest BCUT2D eigenvalue weighted by Crippen LogP contribution is 2.26. The van der Waals surface area contributed by atoms with E-state index < -0.39 is 22.3 Å². The summed E-state index contributed by atoms with van der Waals surface area (Å²) in [5.41, 5.74) is -0.279. The highest BCUT2D eigenvalue weighted by Gasteiger charge is 2.18. The van der Waals surface area contributed by atoms with Crippen LogP contribution in [0, 0.1) is 0 Å². The number of benzene rings is 1. The fourth-order valence-electron chi connectivity index (χ4n) is 1.36. The van der Waals surface area contributed by atoms with Crippen LogP contribution in [0.15, 0.2) is 18.2 Å². The van der Waals surface area contributed by atoms with E-state index in [9.17, 15) is 18.0 Å². The molecule has 1 rings (SSSR count). The van der Waals surface area contributed by atoms with E-state index in [2.05, 4.69) is 4.74 Å². The summed E-state index contributed by atoms with van der Waals surface area (Å²) in [6.07, 6.45) is -1.15. The van der Waals surface area contributed by atoms with Gasteiger partial charge in [-0.05, 0) is 25.1 Å². The van der Waals surface area contributed by atoms with Gasteiger partial charge in [-0.3, -0.25) is 4.72 Å². The predicted molar refractivity (Wildman–Crippen MR) is 72.7 cm³/mol. The van der Waals surface area contributed by atoms with Crippen LogP contribution < -0.4 is 14.2 Å². The van der Waals surface area contributed by atoms with Crippen LogP contribution in [-0.4, -0.2) is 39.3 Å². The molecule has 1 aromatic rings. The molecule has 0 atom stereocenters. The molecule has 116 valence electrons. The van der Waals surface area contributed by atoms with Crippen molar-refractivity contribution in [2.24, 2.45) is 0 Å². The van der Waals surface area contributed by atoms with E-state index in [1.165, 1.54) is 26.2 Å². The van der Waals surface area contributed by atoms with Crippen molar-refractivity contribution in [2.45, 2.75) is 6.92 Å². The Kier molecular flexibility index (Phi) is 5.36. The second kappa shape index (κ2) is 6.79. The lowest BCUT2D eigenvalue weighted by Gasteiger charge is -2.12. The van der Waals surface area contributed by atoms with E-state index in [1.807, 2.05) is 4.72 Å². The van der Waals surface area contributed by atoms with Crippen molar-refractivity contribution in [3.8, 4) is 5.75 Å². The minimum absolute atomic E-state index is 0.000820. The maximum atomic E-state index is 11.7. The molecule has 0 spiro atoms. The minimum Gasteiger partial charge on any atom is -0.495 e. The van der Waals surface area contributed by atoms with Gasteiger partial charge < -0.3 is 14.6 Å². The Morgan fingerprint density at radius 1 is 1.33 bits per heavy atom. The number of rotatable bonds is 6. The molecule has 10 heteroatoms. The van der Waals surface area contributed by atoms with E-state index in [4.69, 9.17) is 9.84 Å². The Bertz CT molecular complexity index is 642. The van der Waals surface area contributed by atoms with E-state index in [0.717, 1.165) is 6.07 Å². The highest BCUT2D eigenvalue weighted by molar-refractivity contribution is 7.91. The number of methoxy groups -OCH3 is 1. The molecule has 9 nitrogen and oxygen atoms in total. The molecule has 0 saturated heterocycles. The highest BCUT2D eigenvalue weighted by atomic mass is 32.2. The summed E-state index contributed by atoms with van der Waals surface area (Å²) in [4.78, 5) is 22.0. The predicted octanol–water partition coefficient (Wildman–Crippen LogP) is 0.796. The summed E-state index contributed by atoms with van der Waals surface area (Å²) in [5.74, 6) is -1.15. The van der Waals surface area contributed by atoms with Crippen LogP contribution >= 0.6 is 0 Å². The first-order valence-corrected chi connectivity index (χ1v) is 7.16. The lowest BCUT2D eigenvalue weighted by Crippen LogP contribution is -2.35. The van der Waals surface area contributed by atoms with Gasteiger partial charge in [-0.2, -0.15) is 8.42 Å². The molecule has 0 unspecified atom stereocenters. The average Bonchev–Trinajstić information content (AvgIpc) is 2.37. The second-order valence-electron chi connectivity index (χ2n) is 3.65. The number of ether oxygens (including phenoxy) is 2. The minimum atomic E-state index is -4.28. The van der Waals surface area contributed by atoms with E-state index in [-0.39, 0.29) is 23.6 Å². The number of aromatic carboxylic acids is 1. The summed E-state index contributed by atoms with van der Waals surface area (Å²) in [7, 11) is -2.99. The van der Waals surface area contributed by atoms with Crippen LogP contribution in [0.1, 0.15) is 17.3 Å². The number of hydrogen-bond donors (Lipinski definition) is 3. The van der Waals surface area contributed by atoms with Gasteiger partial charge in [0.1, 0.15) is 5.75 Å². The molecule has 1 amide bonds. The molecule has 0 fully saturated rings. The van der Waals surface area contributed by atoms with Gasteiger partial charge in [-0.15, -0.1) is 0 Å². The van der Waals surface area contributed by atoms with Gasteiger partial charge >= 0.3 is 22.3 Å². The van der Waals surface area contributed by atoms with Gasteiger partial charge in [0.05, 0.1) is 25.0 Å². The largest absolute Gasteiger partial charge is 0.495 e. The molecule has 0 aliphatic heterocycles. The molecular formula is C11H14N2O7S. The van der Waals surface area contributed by atoms with Crippen molar-refractivity contribution >= 4 is 28.0 Å². The van der Waals surface area contributed by atoms with Gasteiger partial charge in [0.2, 0.25) is 0 Å². The lowest BCUT2D eigenvalue weighted by atomic mass is 10.2. The van der Waals surface area contributed by atoms with Crippen LogP contribution in [0.5, 0.6) is 5.75 Å². The molecule has 21 heavy (non-hydrogen) atoms. The third kappa shape index (κ3) is 4.84. The molecule has 0 aliphatic carbocycles. The van der Waals surface area contributed by atoms with Crippen molar-refractivity contribution in [3.05, 3.63) is 23.8 Å². The first kappa shape index (κ1) is 16.6. The fourth-order valence-corrected chi connectivity index (χ4v) is 2.14. The number of carbonyl (C=O) groups is 2. The number of anilines is 1. The van der Waals surface area contributed by atoms with Crippen LogP contribution in [0.2, 0.25) is 0 Å². The Morgan fingerprint density at radius 3 is 2.52 bits per heavy atom. The molecule has 0 aromatic heterocycles. The lowest BCUT2D eigenvalue weighted by molar-refractivity contribution is 0.0696. The Hall–Kier alpha value is -2.49. The third-order valence-electron chi connectivity index (χ3n) is 2.18. The van der Waals surface area contributed by atoms with Gasteiger partial charge in [0.15, 0.2) is 0 Å². The molecule has 3 N–H and O–H groups in total. The summed E-state index contributed by atoms with van der Waals surface area (Å²) < 4.78 is 36.4. The topological polar surface area (TPSA) is 131 Å². The zero-order valence-corrected chi connectivity index (χ0v) is 12.1. The third-order valence-corrected chi connectivity index (χ3v) is 3.11. The number of carboxylic acid groups (broad SMARTS) is 1. The number of hydrogen-bond acceptors (Lipinski definition) is 6. The van der Waals surface area contributed by atoms with E-state index >= 15 is 0 Å². The Balaban J connectivity index is 3.02. The van der Waals surface area contributed by atoms with Crippen molar-refractivity contribution in [1.29, 1.82) is 0 Å². The van der Waals surface area contributed by atoms with Crippen molar-refractivity contribution in [1.82, 2.24) is 4.72 Å². The maximum Gasteiger partial charge on any atom is 0.422 e. The zero-order valence-electron chi connectivity index (χ0n) is 11.2. The van der Waals surface area contributed by atoms with Crippen molar-refractivity contribution in [3.63, 3.8) is 0 Å². The molecular weight excluding hydrogens is 304 g/mol. The number of carbonyl (C=O) groups excluding carboxylic acids is 1. The Labute approximate surface area is 121 Å². The number of amides is 1. The number of carboxylic acids is 1. The number of nitrogens with one attached hydrogen (secondary N) is 2.